The highest BCUT2D eigenvalue weighted by atomic mass is 79.9. The van der Waals surface area contributed by atoms with E-state index in [0.717, 1.165) is 6.07 Å². The number of hydrogen-bond acceptors (Lipinski definition) is 3. The minimum Gasteiger partial charge on any atom is -0.477 e. The van der Waals surface area contributed by atoms with Gasteiger partial charge in [-0.25, -0.2) is 4.98 Å². The fourth-order valence-corrected chi connectivity index (χ4v) is 2.31. The van der Waals surface area contributed by atoms with E-state index in [9.17, 15) is 18.0 Å². The molecular weight excluding hydrogens is 377 g/mol. The molecule has 0 spiro atoms. The summed E-state index contributed by atoms with van der Waals surface area (Å²) >= 11 is 2.85. The first-order valence-corrected chi connectivity index (χ1v) is 7.38. The summed E-state index contributed by atoms with van der Waals surface area (Å²) in [5.74, 6) is -0.474. The van der Waals surface area contributed by atoms with Crippen LogP contribution in [0.25, 0.3) is 0 Å². The van der Waals surface area contributed by atoms with E-state index >= 15 is 0 Å². The van der Waals surface area contributed by atoms with Gasteiger partial charge in [-0.15, -0.1) is 0 Å². The molecule has 0 atom stereocenters. The lowest BCUT2D eigenvalue weighted by Gasteiger charge is -2.13. The first-order chi connectivity index (χ1) is 10.8. The van der Waals surface area contributed by atoms with Gasteiger partial charge in [0.2, 0.25) is 5.88 Å². The van der Waals surface area contributed by atoms with E-state index in [1.54, 1.807) is 13.0 Å². The number of hydrogen-bond donors (Lipinski definition) is 1. The first kappa shape index (κ1) is 17.3. The van der Waals surface area contributed by atoms with Crippen LogP contribution in [-0.2, 0) is 6.18 Å². The zero-order valence-corrected chi connectivity index (χ0v) is 13.5. The number of anilines is 1. The van der Waals surface area contributed by atoms with Crippen molar-refractivity contribution in [2.45, 2.75) is 13.1 Å². The second-order valence-corrected chi connectivity index (χ2v) is 5.29. The van der Waals surface area contributed by atoms with Crippen molar-refractivity contribution < 1.29 is 22.7 Å². The van der Waals surface area contributed by atoms with Crippen molar-refractivity contribution in [3.63, 3.8) is 0 Å². The van der Waals surface area contributed by atoms with E-state index in [1.165, 1.54) is 24.4 Å². The van der Waals surface area contributed by atoms with Gasteiger partial charge in [-0.1, -0.05) is 15.9 Å². The average molecular weight is 389 g/mol. The van der Waals surface area contributed by atoms with Gasteiger partial charge in [0.05, 0.1) is 12.2 Å². The number of amides is 1. The Bertz CT molecular complexity index is 720. The Labute approximate surface area is 138 Å². The highest BCUT2D eigenvalue weighted by molar-refractivity contribution is 9.10. The van der Waals surface area contributed by atoms with Crippen molar-refractivity contribution in [1.29, 1.82) is 0 Å². The van der Waals surface area contributed by atoms with Crippen molar-refractivity contribution >= 4 is 27.5 Å². The largest absolute Gasteiger partial charge is 0.477 e. The van der Waals surface area contributed by atoms with E-state index < -0.39 is 17.6 Å². The predicted octanol–water partition coefficient (Wildman–Crippen LogP) is 4.51. The van der Waals surface area contributed by atoms with Crippen LogP contribution in [0, 0.1) is 0 Å². The van der Waals surface area contributed by atoms with Crippen LogP contribution < -0.4 is 10.1 Å². The molecule has 2 aromatic rings. The summed E-state index contributed by atoms with van der Waals surface area (Å²) in [5.41, 5.74) is -0.700. The molecule has 0 bridgehead atoms. The number of rotatable bonds is 4. The molecule has 1 aromatic carbocycles. The zero-order valence-electron chi connectivity index (χ0n) is 11.9. The molecule has 1 aromatic heterocycles. The van der Waals surface area contributed by atoms with E-state index in [-0.39, 0.29) is 21.6 Å². The molecule has 0 aliphatic heterocycles. The maximum atomic E-state index is 12.9. The Morgan fingerprint density at radius 3 is 2.74 bits per heavy atom. The number of benzene rings is 1. The zero-order chi connectivity index (χ0) is 17.0. The second-order valence-electron chi connectivity index (χ2n) is 4.44. The van der Waals surface area contributed by atoms with E-state index in [2.05, 4.69) is 26.2 Å². The summed E-state index contributed by atoms with van der Waals surface area (Å²) in [4.78, 5) is 16.2. The Kier molecular flexibility index (Phi) is 5.25. The van der Waals surface area contributed by atoms with Crippen LogP contribution in [-0.4, -0.2) is 17.5 Å². The highest BCUT2D eigenvalue weighted by Gasteiger charge is 2.33. The van der Waals surface area contributed by atoms with Gasteiger partial charge in [0, 0.05) is 16.4 Å². The lowest BCUT2D eigenvalue weighted by molar-refractivity contribution is -0.138. The summed E-state index contributed by atoms with van der Waals surface area (Å²) in [5, 5.41) is 2.42. The molecule has 2 rings (SSSR count). The Hall–Kier alpha value is -2.09. The van der Waals surface area contributed by atoms with E-state index in [1.807, 2.05) is 0 Å². The Balaban J connectivity index is 2.28. The molecule has 0 aliphatic rings. The molecule has 0 unspecified atom stereocenters. The number of halogens is 4. The van der Waals surface area contributed by atoms with E-state index in [4.69, 9.17) is 4.74 Å². The van der Waals surface area contributed by atoms with Gasteiger partial charge in [-0.05, 0) is 37.3 Å². The maximum absolute atomic E-state index is 12.9. The first-order valence-electron chi connectivity index (χ1n) is 6.59. The number of carbonyl (C=O) groups is 1. The highest BCUT2D eigenvalue weighted by Crippen LogP contribution is 2.36. The van der Waals surface area contributed by atoms with Gasteiger partial charge >= 0.3 is 6.18 Å². The van der Waals surface area contributed by atoms with Gasteiger partial charge in [0.1, 0.15) is 5.56 Å². The van der Waals surface area contributed by atoms with Gasteiger partial charge in [-0.3, -0.25) is 4.79 Å². The van der Waals surface area contributed by atoms with Gasteiger partial charge in [0.25, 0.3) is 5.91 Å². The van der Waals surface area contributed by atoms with Crippen LogP contribution in [0.5, 0.6) is 5.88 Å². The molecule has 4 nitrogen and oxygen atoms in total. The molecule has 23 heavy (non-hydrogen) atoms. The Morgan fingerprint density at radius 1 is 1.35 bits per heavy atom. The average Bonchev–Trinajstić information content (AvgIpc) is 2.49. The van der Waals surface area contributed by atoms with Crippen LogP contribution in [0.2, 0.25) is 0 Å². The fraction of sp³-hybridized carbons (Fsp3) is 0.200. The lowest BCUT2D eigenvalue weighted by atomic mass is 10.2. The number of pyridine rings is 1. The summed E-state index contributed by atoms with van der Waals surface area (Å²) in [7, 11) is 0. The third kappa shape index (κ3) is 4.22. The quantitative estimate of drug-likeness (QED) is 0.837. The number of alkyl halides is 3. The summed E-state index contributed by atoms with van der Waals surface area (Å²) in [6.45, 7) is 2.05. The Morgan fingerprint density at radius 2 is 2.09 bits per heavy atom. The number of ether oxygens (including phenoxy) is 1. The molecule has 1 N–H and O–H groups in total. The molecule has 0 fully saturated rings. The van der Waals surface area contributed by atoms with Crippen LogP contribution in [0.1, 0.15) is 22.8 Å². The molecule has 122 valence electrons. The van der Waals surface area contributed by atoms with Crippen LogP contribution in [0.4, 0.5) is 18.9 Å². The van der Waals surface area contributed by atoms with Crippen molar-refractivity contribution in [2.24, 2.45) is 0 Å². The van der Waals surface area contributed by atoms with Crippen LogP contribution >= 0.6 is 15.9 Å². The van der Waals surface area contributed by atoms with Gasteiger partial charge in [0.15, 0.2) is 0 Å². The maximum Gasteiger partial charge on any atom is 0.417 e. The topological polar surface area (TPSA) is 51.2 Å². The molecule has 0 radical (unpaired) electrons. The van der Waals surface area contributed by atoms with Crippen molar-refractivity contribution in [2.75, 3.05) is 11.9 Å². The molecule has 1 heterocycles. The molecule has 8 heteroatoms. The molecule has 0 saturated carbocycles. The monoisotopic (exact) mass is 388 g/mol. The van der Waals surface area contributed by atoms with Gasteiger partial charge in [-0.2, -0.15) is 13.2 Å². The molecular formula is C15H12BrF3N2O2. The van der Waals surface area contributed by atoms with Crippen molar-refractivity contribution in [3.8, 4) is 5.88 Å². The minimum atomic E-state index is -4.52. The van der Waals surface area contributed by atoms with Gasteiger partial charge < -0.3 is 10.1 Å². The van der Waals surface area contributed by atoms with Crippen molar-refractivity contribution in [1.82, 2.24) is 4.98 Å². The number of nitrogens with one attached hydrogen (secondary N) is 1. The normalized spacial score (nSPS) is 11.2. The summed E-state index contributed by atoms with van der Waals surface area (Å²) in [6, 6.07) is 6.48. The molecule has 0 aliphatic carbocycles. The van der Waals surface area contributed by atoms with Crippen LogP contribution in [0.3, 0.4) is 0 Å². The molecule has 0 saturated heterocycles. The fourth-order valence-electron chi connectivity index (χ4n) is 1.83. The smallest absolute Gasteiger partial charge is 0.417 e. The summed E-state index contributed by atoms with van der Waals surface area (Å²) in [6.07, 6.45) is -3.06. The summed E-state index contributed by atoms with van der Waals surface area (Å²) < 4.78 is 43.8. The number of carbonyl (C=O) groups excluding carboxylic acids is 1. The standard InChI is InChI=1S/C15H12BrF3N2O2/c1-2-23-14-10(4-3-7-20-14)13(22)21-9-5-6-12(16)11(8-9)15(17,18)19/h3-8H,2H2,1H3,(H,21,22). The number of aromatic nitrogens is 1. The third-order valence-corrected chi connectivity index (χ3v) is 3.52. The second kappa shape index (κ2) is 6.99. The SMILES string of the molecule is CCOc1ncccc1C(=O)Nc1ccc(Br)c(C(F)(F)F)c1. The van der Waals surface area contributed by atoms with Crippen LogP contribution in [0.15, 0.2) is 41.0 Å². The third-order valence-electron chi connectivity index (χ3n) is 2.83. The lowest BCUT2D eigenvalue weighted by Crippen LogP contribution is -2.15. The van der Waals surface area contributed by atoms with Crippen molar-refractivity contribution in [3.05, 3.63) is 52.1 Å². The van der Waals surface area contributed by atoms with E-state index in [0.29, 0.717) is 6.61 Å². The number of nitrogens with zero attached hydrogens (tertiary/aromatic N) is 1. The predicted molar refractivity (Wildman–Crippen MR) is 82.5 cm³/mol. The molecule has 1 amide bonds. The minimum absolute atomic E-state index is 0.0248.